The van der Waals surface area contributed by atoms with Crippen LogP contribution in [0.5, 0.6) is 0 Å². The number of hydrogen-bond donors (Lipinski definition) is 1. The summed E-state index contributed by atoms with van der Waals surface area (Å²) in [6, 6.07) is 5.65. The van der Waals surface area contributed by atoms with Crippen molar-refractivity contribution in [2.45, 2.75) is 19.1 Å². The van der Waals surface area contributed by atoms with Gasteiger partial charge in [0.05, 0.1) is 5.56 Å². The number of rotatable bonds is 2. The van der Waals surface area contributed by atoms with Gasteiger partial charge < -0.3 is 5.32 Å². The number of hydrogen-bond acceptors (Lipinski definition) is 2. The Balaban J connectivity index is 2.17. The molecule has 18 heavy (non-hydrogen) atoms. The van der Waals surface area contributed by atoms with Gasteiger partial charge in [0.25, 0.3) is 0 Å². The molecule has 1 saturated heterocycles. The van der Waals surface area contributed by atoms with Crippen molar-refractivity contribution in [1.29, 1.82) is 0 Å². The average Bonchev–Trinajstić information content (AvgIpc) is 2.38. The van der Waals surface area contributed by atoms with Crippen molar-refractivity contribution < 1.29 is 13.2 Å². The van der Waals surface area contributed by atoms with E-state index < -0.39 is 11.7 Å². The number of halogens is 3. The van der Waals surface area contributed by atoms with Crippen LogP contribution in [0, 0.1) is 0 Å². The molecule has 1 aliphatic heterocycles. The molecule has 1 aliphatic rings. The lowest BCUT2D eigenvalue weighted by molar-refractivity contribution is -0.137. The third-order valence-electron chi connectivity index (χ3n) is 3.40. The quantitative estimate of drug-likeness (QED) is 0.877. The molecule has 0 saturated carbocycles. The van der Waals surface area contributed by atoms with E-state index in [0.717, 1.165) is 37.8 Å². The van der Waals surface area contributed by atoms with Crippen LogP contribution in [0.3, 0.4) is 0 Å². The lowest BCUT2D eigenvalue weighted by atomic mass is 10.0. The molecule has 1 N–H and O–H groups in total. The first kappa shape index (κ1) is 13.4. The molecule has 1 atom stereocenters. The molecule has 2 rings (SSSR count). The first-order valence-corrected chi connectivity index (χ1v) is 6.10. The van der Waals surface area contributed by atoms with E-state index in [9.17, 15) is 13.2 Å². The molecule has 0 radical (unpaired) electrons. The Bertz CT molecular complexity index is 397. The number of alkyl halides is 3. The standard InChI is InChI=1S/C13H17F3N2/c1-10(18-7-5-17-6-8-18)11-3-2-4-12(9-11)13(14,15)16/h2-4,9-10,17H,5-8H2,1H3/t10-/m0/s1. The molecule has 100 valence electrons. The lowest BCUT2D eigenvalue weighted by Gasteiger charge is -2.33. The molecule has 0 bridgehead atoms. The first-order chi connectivity index (χ1) is 8.48. The third kappa shape index (κ3) is 3.03. The second-order valence-corrected chi connectivity index (χ2v) is 4.59. The van der Waals surface area contributed by atoms with Crippen LogP contribution < -0.4 is 5.32 Å². The molecule has 5 heteroatoms. The van der Waals surface area contributed by atoms with Crippen LogP contribution in [0.15, 0.2) is 24.3 Å². The van der Waals surface area contributed by atoms with Gasteiger partial charge in [0.15, 0.2) is 0 Å². The smallest absolute Gasteiger partial charge is 0.314 e. The largest absolute Gasteiger partial charge is 0.416 e. The number of piperazine rings is 1. The maximum Gasteiger partial charge on any atom is 0.416 e. The predicted molar refractivity (Wildman–Crippen MR) is 64.3 cm³/mol. The molecule has 0 unspecified atom stereocenters. The van der Waals surface area contributed by atoms with Gasteiger partial charge in [-0.3, -0.25) is 4.90 Å². The molecule has 1 fully saturated rings. The molecule has 0 aromatic heterocycles. The zero-order valence-corrected chi connectivity index (χ0v) is 10.3. The van der Waals surface area contributed by atoms with Gasteiger partial charge in [0, 0.05) is 32.2 Å². The maximum atomic E-state index is 12.6. The fourth-order valence-electron chi connectivity index (χ4n) is 2.26. The highest BCUT2D eigenvalue weighted by Crippen LogP contribution is 2.31. The summed E-state index contributed by atoms with van der Waals surface area (Å²) in [7, 11) is 0. The molecular formula is C13H17F3N2. The van der Waals surface area contributed by atoms with Crippen molar-refractivity contribution in [3.63, 3.8) is 0 Å². The molecular weight excluding hydrogens is 241 g/mol. The molecule has 0 amide bonds. The zero-order chi connectivity index (χ0) is 13.2. The highest BCUT2D eigenvalue weighted by atomic mass is 19.4. The summed E-state index contributed by atoms with van der Waals surface area (Å²) in [4.78, 5) is 2.20. The fourth-order valence-corrected chi connectivity index (χ4v) is 2.26. The summed E-state index contributed by atoms with van der Waals surface area (Å²) in [6.07, 6.45) is -4.26. The number of nitrogens with one attached hydrogen (secondary N) is 1. The normalized spacial score (nSPS) is 19.8. The van der Waals surface area contributed by atoms with Gasteiger partial charge in [-0.1, -0.05) is 12.1 Å². The van der Waals surface area contributed by atoms with Crippen LogP contribution >= 0.6 is 0 Å². The van der Waals surface area contributed by atoms with E-state index in [1.165, 1.54) is 12.1 Å². The Labute approximate surface area is 105 Å². The van der Waals surface area contributed by atoms with Crippen LogP contribution in [0.4, 0.5) is 13.2 Å². The highest BCUT2D eigenvalue weighted by Gasteiger charge is 2.31. The van der Waals surface area contributed by atoms with Gasteiger partial charge in [-0.05, 0) is 24.6 Å². The van der Waals surface area contributed by atoms with Crippen LogP contribution in [-0.2, 0) is 6.18 Å². The maximum absolute atomic E-state index is 12.6. The van der Waals surface area contributed by atoms with Crippen molar-refractivity contribution in [2.75, 3.05) is 26.2 Å². The Hall–Kier alpha value is -1.07. The minimum Gasteiger partial charge on any atom is -0.314 e. The van der Waals surface area contributed by atoms with E-state index in [-0.39, 0.29) is 6.04 Å². The number of benzene rings is 1. The minimum atomic E-state index is -4.26. The van der Waals surface area contributed by atoms with Gasteiger partial charge in [0.2, 0.25) is 0 Å². The van der Waals surface area contributed by atoms with Gasteiger partial charge in [-0.15, -0.1) is 0 Å². The summed E-state index contributed by atoms with van der Waals surface area (Å²) in [5.41, 5.74) is 0.161. The van der Waals surface area contributed by atoms with E-state index in [1.807, 2.05) is 6.92 Å². The van der Waals surface area contributed by atoms with Crippen molar-refractivity contribution in [3.05, 3.63) is 35.4 Å². The van der Waals surface area contributed by atoms with Gasteiger partial charge in [-0.25, -0.2) is 0 Å². The van der Waals surface area contributed by atoms with E-state index in [0.29, 0.717) is 0 Å². The van der Waals surface area contributed by atoms with Gasteiger partial charge >= 0.3 is 6.18 Å². The van der Waals surface area contributed by atoms with Gasteiger partial charge in [0.1, 0.15) is 0 Å². The topological polar surface area (TPSA) is 15.3 Å². The fraction of sp³-hybridized carbons (Fsp3) is 0.538. The molecule has 0 spiro atoms. The molecule has 1 aromatic carbocycles. The second kappa shape index (κ2) is 5.28. The Morgan fingerprint density at radius 1 is 1.22 bits per heavy atom. The third-order valence-corrected chi connectivity index (χ3v) is 3.40. The lowest BCUT2D eigenvalue weighted by Crippen LogP contribution is -2.44. The summed E-state index contributed by atoms with van der Waals surface area (Å²) in [5, 5.41) is 3.24. The summed E-state index contributed by atoms with van der Waals surface area (Å²) in [5.74, 6) is 0. The van der Waals surface area contributed by atoms with E-state index in [1.54, 1.807) is 6.07 Å². The predicted octanol–water partition coefficient (Wildman–Crippen LogP) is 2.67. The summed E-state index contributed by atoms with van der Waals surface area (Å²) in [6.45, 7) is 5.49. The molecule has 1 aromatic rings. The molecule has 2 nitrogen and oxygen atoms in total. The van der Waals surface area contributed by atoms with E-state index >= 15 is 0 Å². The van der Waals surface area contributed by atoms with Gasteiger partial charge in [-0.2, -0.15) is 13.2 Å². The monoisotopic (exact) mass is 258 g/mol. The first-order valence-electron chi connectivity index (χ1n) is 6.10. The summed E-state index contributed by atoms with van der Waals surface area (Å²) >= 11 is 0. The second-order valence-electron chi connectivity index (χ2n) is 4.59. The van der Waals surface area contributed by atoms with Crippen LogP contribution in [0.25, 0.3) is 0 Å². The Morgan fingerprint density at radius 2 is 1.89 bits per heavy atom. The van der Waals surface area contributed by atoms with Crippen molar-refractivity contribution >= 4 is 0 Å². The molecule has 1 heterocycles. The van der Waals surface area contributed by atoms with E-state index in [4.69, 9.17) is 0 Å². The van der Waals surface area contributed by atoms with Crippen molar-refractivity contribution in [3.8, 4) is 0 Å². The average molecular weight is 258 g/mol. The minimum absolute atomic E-state index is 0.0226. The molecule has 0 aliphatic carbocycles. The zero-order valence-electron chi connectivity index (χ0n) is 10.3. The Kier molecular flexibility index (Phi) is 3.92. The van der Waals surface area contributed by atoms with Crippen molar-refractivity contribution in [1.82, 2.24) is 10.2 Å². The SMILES string of the molecule is C[C@@H](c1cccc(C(F)(F)F)c1)N1CCNCC1. The van der Waals surface area contributed by atoms with Crippen LogP contribution in [0.2, 0.25) is 0 Å². The van der Waals surface area contributed by atoms with Crippen LogP contribution in [0.1, 0.15) is 24.1 Å². The van der Waals surface area contributed by atoms with Crippen molar-refractivity contribution in [2.24, 2.45) is 0 Å². The summed E-state index contributed by atoms with van der Waals surface area (Å²) < 4.78 is 37.9. The Morgan fingerprint density at radius 3 is 2.50 bits per heavy atom. The van der Waals surface area contributed by atoms with Crippen LogP contribution in [-0.4, -0.2) is 31.1 Å². The highest BCUT2D eigenvalue weighted by molar-refractivity contribution is 5.27. The van der Waals surface area contributed by atoms with E-state index in [2.05, 4.69) is 10.2 Å². The number of nitrogens with zero attached hydrogens (tertiary/aromatic N) is 1.